The first kappa shape index (κ1) is 14.9. The van der Waals surface area contributed by atoms with Crippen molar-refractivity contribution in [2.75, 3.05) is 0 Å². The van der Waals surface area contributed by atoms with Crippen LogP contribution < -0.4 is 34.7 Å². The zero-order chi connectivity index (χ0) is 12.7. The third-order valence-corrected chi connectivity index (χ3v) is 4.46. The molecule has 0 aliphatic carbocycles. The fourth-order valence-electron chi connectivity index (χ4n) is 2.15. The van der Waals surface area contributed by atoms with Gasteiger partial charge in [-0.3, -0.25) is 0 Å². The van der Waals surface area contributed by atoms with E-state index in [2.05, 4.69) is 0 Å². The Morgan fingerprint density at radius 3 is 2.63 bits per heavy atom. The van der Waals surface area contributed by atoms with Crippen LogP contribution in [0.25, 0.3) is 11.1 Å². The van der Waals surface area contributed by atoms with E-state index in [-0.39, 0.29) is 29.6 Å². The number of carboxylic acid groups (broad SMARTS) is 1. The number of hydrogen-bond acceptors (Lipinski definition) is 3. The minimum atomic E-state index is -1.06. The Kier molecular flexibility index (Phi) is 4.64. The fraction of sp³-hybridized carbons (Fsp3) is 0.0714. The first-order valence-corrected chi connectivity index (χ1v) is 6.69. The van der Waals surface area contributed by atoms with Crippen molar-refractivity contribution < 1.29 is 39.5 Å². The number of carboxylic acids is 1. The molecule has 0 fully saturated rings. The summed E-state index contributed by atoms with van der Waals surface area (Å²) >= 11 is 7.30. The predicted molar refractivity (Wildman–Crippen MR) is 70.5 cm³/mol. The summed E-state index contributed by atoms with van der Waals surface area (Å²) < 4.78 is 0. The van der Waals surface area contributed by atoms with Crippen molar-refractivity contribution in [1.82, 2.24) is 0 Å². The van der Waals surface area contributed by atoms with Crippen molar-refractivity contribution in [3.05, 3.63) is 53.1 Å². The van der Waals surface area contributed by atoms with Gasteiger partial charge < -0.3 is 9.90 Å². The zero-order valence-corrected chi connectivity index (χ0v) is 13.8. The molecule has 5 heteroatoms. The summed E-state index contributed by atoms with van der Waals surface area (Å²) in [5.41, 5.74) is 2.68. The van der Waals surface area contributed by atoms with Gasteiger partial charge in [-0.15, -0.1) is 11.8 Å². The van der Waals surface area contributed by atoms with Gasteiger partial charge in [0.2, 0.25) is 0 Å². The maximum Gasteiger partial charge on any atom is 1.00 e. The van der Waals surface area contributed by atoms with E-state index in [0.29, 0.717) is 5.02 Å². The van der Waals surface area contributed by atoms with E-state index in [9.17, 15) is 9.90 Å². The molecule has 0 saturated heterocycles. The number of thioether (sulfide) groups is 1. The van der Waals surface area contributed by atoms with E-state index >= 15 is 0 Å². The van der Waals surface area contributed by atoms with E-state index in [1.807, 2.05) is 36.4 Å². The summed E-state index contributed by atoms with van der Waals surface area (Å²) in [6.07, 6.45) is 0. The molecule has 1 unspecified atom stereocenters. The van der Waals surface area contributed by atoms with Gasteiger partial charge >= 0.3 is 29.6 Å². The van der Waals surface area contributed by atoms with E-state index in [1.54, 1.807) is 6.07 Å². The molecule has 19 heavy (non-hydrogen) atoms. The molecule has 1 aliphatic rings. The molecule has 0 aromatic heterocycles. The van der Waals surface area contributed by atoms with Crippen molar-refractivity contribution >= 4 is 29.3 Å². The Morgan fingerprint density at radius 2 is 1.89 bits per heavy atom. The van der Waals surface area contributed by atoms with E-state index < -0.39 is 11.2 Å². The van der Waals surface area contributed by atoms with Crippen molar-refractivity contribution in [2.24, 2.45) is 0 Å². The first-order chi connectivity index (χ1) is 8.66. The number of benzene rings is 2. The Labute approximate surface area is 142 Å². The number of aliphatic carboxylic acids is 1. The van der Waals surface area contributed by atoms with Crippen molar-refractivity contribution in [2.45, 2.75) is 10.1 Å². The molecule has 0 amide bonds. The maximum atomic E-state index is 11.2. The second-order valence-corrected chi connectivity index (χ2v) is 5.63. The van der Waals surface area contributed by atoms with Gasteiger partial charge in [-0.05, 0) is 34.9 Å². The quantitative estimate of drug-likeness (QED) is 0.691. The number of fused-ring (bicyclic) bond motifs is 3. The summed E-state index contributed by atoms with van der Waals surface area (Å²) in [7, 11) is 0. The van der Waals surface area contributed by atoms with Gasteiger partial charge in [0.1, 0.15) is 0 Å². The normalized spacial score (nSPS) is 15.9. The van der Waals surface area contributed by atoms with E-state index in [0.717, 1.165) is 21.6 Å². The molecule has 0 N–H and O–H groups in total. The monoisotopic (exact) mass is 298 g/mol. The Bertz CT molecular complexity index is 645. The van der Waals surface area contributed by atoms with Crippen LogP contribution in [0.3, 0.4) is 0 Å². The number of rotatable bonds is 1. The van der Waals surface area contributed by atoms with Gasteiger partial charge in [-0.1, -0.05) is 35.9 Å². The van der Waals surface area contributed by atoms with E-state index in [4.69, 9.17) is 11.6 Å². The smallest absolute Gasteiger partial charge is 0.549 e. The Hall–Kier alpha value is -0.450. The molecule has 0 spiro atoms. The minimum absolute atomic E-state index is 0. The first-order valence-electron chi connectivity index (χ1n) is 5.43. The molecule has 2 nitrogen and oxygen atoms in total. The van der Waals surface area contributed by atoms with Crippen LogP contribution in [0, 0.1) is 0 Å². The largest absolute Gasteiger partial charge is 1.00 e. The number of carbonyl (C=O) groups is 1. The van der Waals surface area contributed by atoms with Crippen LogP contribution in [0.4, 0.5) is 0 Å². The number of carbonyl (C=O) groups excluding carboxylic acids is 1. The van der Waals surface area contributed by atoms with Gasteiger partial charge in [-0.2, -0.15) is 0 Å². The summed E-state index contributed by atoms with van der Waals surface area (Å²) in [5.74, 6) is -1.06. The second kappa shape index (κ2) is 5.90. The van der Waals surface area contributed by atoms with Crippen LogP contribution in [0.5, 0.6) is 0 Å². The van der Waals surface area contributed by atoms with Crippen LogP contribution in [0.1, 0.15) is 10.8 Å². The summed E-state index contributed by atoms with van der Waals surface area (Å²) in [4.78, 5) is 12.2. The van der Waals surface area contributed by atoms with Gasteiger partial charge in [0.15, 0.2) is 0 Å². The van der Waals surface area contributed by atoms with Crippen molar-refractivity contribution in [3.63, 3.8) is 0 Å². The molecule has 1 heterocycles. The molecule has 2 aromatic rings. The maximum absolute atomic E-state index is 11.2. The molecule has 3 rings (SSSR count). The number of halogens is 1. The van der Waals surface area contributed by atoms with Crippen LogP contribution in [-0.2, 0) is 4.79 Å². The molecule has 90 valence electrons. The summed E-state index contributed by atoms with van der Waals surface area (Å²) in [6, 6.07) is 13.0. The third-order valence-electron chi connectivity index (χ3n) is 2.93. The average Bonchev–Trinajstić information content (AvgIpc) is 2.37. The van der Waals surface area contributed by atoms with E-state index in [1.165, 1.54) is 11.8 Å². The zero-order valence-electron chi connectivity index (χ0n) is 10.2. The Morgan fingerprint density at radius 1 is 1.16 bits per heavy atom. The molecule has 0 radical (unpaired) electrons. The second-order valence-electron chi connectivity index (χ2n) is 4.04. The van der Waals surface area contributed by atoms with Gasteiger partial charge in [0.05, 0.1) is 11.2 Å². The van der Waals surface area contributed by atoms with Gasteiger partial charge in [0, 0.05) is 9.92 Å². The van der Waals surface area contributed by atoms with Crippen LogP contribution in [0.2, 0.25) is 5.02 Å². The fourth-order valence-corrected chi connectivity index (χ4v) is 3.45. The predicted octanol–water partition coefficient (Wildman–Crippen LogP) is -0.0923. The molecule has 2 aromatic carbocycles. The average molecular weight is 299 g/mol. The third kappa shape index (κ3) is 2.71. The standard InChI is InChI=1S/C14H9ClO2S.Na/c15-8-5-6-12-11(7-8)9-3-1-2-4-10(9)13(18-12)14(16)17;/h1-7,13H,(H,16,17);/q;+1/p-1. The molecular weight excluding hydrogens is 291 g/mol. The molecule has 1 atom stereocenters. The van der Waals surface area contributed by atoms with Crippen LogP contribution >= 0.6 is 23.4 Å². The summed E-state index contributed by atoms with van der Waals surface area (Å²) in [6.45, 7) is 0. The minimum Gasteiger partial charge on any atom is -0.549 e. The SMILES string of the molecule is O=C([O-])C1Sc2ccc(Cl)cc2-c2ccccc21.[Na+]. The topological polar surface area (TPSA) is 40.1 Å². The van der Waals surface area contributed by atoms with Crippen LogP contribution in [0.15, 0.2) is 47.4 Å². The van der Waals surface area contributed by atoms with Crippen molar-refractivity contribution in [3.8, 4) is 11.1 Å². The van der Waals surface area contributed by atoms with Gasteiger partial charge in [-0.25, -0.2) is 0 Å². The number of hydrogen-bond donors (Lipinski definition) is 0. The molecule has 0 bridgehead atoms. The van der Waals surface area contributed by atoms with Crippen molar-refractivity contribution in [1.29, 1.82) is 0 Å². The van der Waals surface area contributed by atoms with Crippen LogP contribution in [-0.4, -0.2) is 5.97 Å². The molecular formula is C14H8ClNaO2S. The Balaban J connectivity index is 0.00000133. The van der Waals surface area contributed by atoms with Gasteiger partial charge in [0.25, 0.3) is 0 Å². The molecule has 0 saturated carbocycles. The summed E-state index contributed by atoms with van der Waals surface area (Å²) in [5, 5.41) is 11.2. The molecule has 1 aliphatic heterocycles.